The van der Waals surface area contributed by atoms with Gasteiger partial charge in [-0.2, -0.15) is 5.10 Å². The molecule has 0 radical (unpaired) electrons. The summed E-state index contributed by atoms with van der Waals surface area (Å²) in [6, 6.07) is 5.18. The number of fused-ring (bicyclic) bond motifs is 1. The van der Waals surface area contributed by atoms with E-state index in [1.165, 1.54) is 12.6 Å². The quantitative estimate of drug-likeness (QED) is 0.498. The van der Waals surface area contributed by atoms with Crippen LogP contribution in [0, 0.1) is 6.92 Å². The van der Waals surface area contributed by atoms with Crippen LogP contribution in [0.25, 0.3) is 22.5 Å². The number of oxazole rings is 1. The van der Waals surface area contributed by atoms with E-state index in [9.17, 15) is 4.79 Å². The molecule has 4 aromatic rings. The molecule has 0 atom stereocenters. The summed E-state index contributed by atoms with van der Waals surface area (Å²) in [7, 11) is 1.73. The van der Waals surface area contributed by atoms with Crippen LogP contribution >= 0.6 is 11.6 Å². The lowest BCUT2D eigenvalue weighted by atomic mass is 10.1. The van der Waals surface area contributed by atoms with Crippen LogP contribution < -0.4 is 0 Å². The van der Waals surface area contributed by atoms with Crippen LogP contribution in [0.5, 0.6) is 0 Å². The molecule has 3 heterocycles. The van der Waals surface area contributed by atoms with Crippen LogP contribution in [0.4, 0.5) is 0 Å². The van der Waals surface area contributed by atoms with Gasteiger partial charge in [-0.3, -0.25) is 9.48 Å². The standard InChI is InChI=1S/C20H19ClN6O2/c1-4-27-12(2)13(8-23-27)10-26(3)20(28)18-15-7-14(21)5-6-16(15)24-19(25-18)17-9-22-11-29-17/h5-9,11H,4,10H2,1-3H3. The average Bonchev–Trinajstić information content (AvgIpc) is 3.37. The summed E-state index contributed by atoms with van der Waals surface area (Å²) in [5.41, 5.74) is 2.87. The zero-order valence-electron chi connectivity index (χ0n) is 16.3. The largest absolute Gasteiger partial charge is 0.440 e. The van der Waals surface area contributed by atoms with Gasteiger partial charge in [-0.1, -0.05) is 11.6 Å². The maximum Gasteiger partial charge on any atom is 0.273 e. The molecule has 0 saturated heterocycles. The lowest BCUT2D eigenvalue weighted by Crippen LogP contribution is -2.27. The van der Waals surface area contributed by atoms with Crippen molar-refractivity contribution in [3.63, 3.8) is 0 Å². The normalized spacial score (nSPS) is 11.2. The van der Waals surface area contributed by atoms with Gasteiger partial charge in [-0.15, -0.1) is 0 Å². The Morgan fingerprint density at radius 1 is 1.28 bits per heavy atom. The fraction of sp³-hybridized carbons (Fsp3) is 0.250. The smallest absolute Gasteiger partial charge is 0.273 e. The summed E-state index contributed by atoms with van der Waals surface area (Å²) in [5.74, 6) is 0.437. The van der Waals surface area contributed by atoms with Gasteiger partial charge in [-0.25, -0.2) is 15.0 Å². The summed E-state index contributed by atoms with van der Waals surface area (Å²) >= 11 is 6.16. The van der Waals surface area contributed by atoms with E-state index in [4.69, 9.17) is 16.0 Å². The Morgan fingerprint density at radius 2 is 2.10 bits per heavy atom. The summed E-state index contributed by atoms with van der Waals surface area (Å²) in [6.45, 7) is 5.21. The molecule has 3 aromatic heterocycles. The van der Waals surface area contributed by atoms with Gasteiger partial charge in [0.15, 0.2) is 18.0 Å². The second kappa shape index (κ2) is 7.63. The van der Waals surface area contributed by atoms with Crippen LogP contribution in [0.1, 0.15) is 28.7 Å². The molecule has 0 aliphatic heterocycles. The Kier molecular flexibility index (Phi) is 5.02. The van der Waals surface area contributed by atoms with Crippen LogP contribution in [0.15, 0.2) is 41.4 Å². The van der Waals surface area contributed by atoms with E-state index < -0.39 is 0 Å². The predicted octanol–water partition coefficient (Wildman–Crippen LogP) is 3.74. The maximum absolute atomic E-state index is 13.3. The zero-order valence-corrected chi connectivity index (χ0v) is 17.0. The van der Waals surface area contributed by atoms with Crippen LogP contribution in [0.2, 0.25) is 5.02 Å². The molecule has 0 N–H and O–H groups in total. The number of hydrogen-bond acceptors (Lipinski definition) is 6. The SMILES string of the molecule is CCn1ncc(CN(C)C(=O)c2nc(-c3cnco3)nc3ccc(Cl)cc23)c1C. The highest BCUT2D eigenvalue weighted by Crippen LogP contribution is 2.25. The molecule has 1 aromatic carbocycles. The predicted molar refractivity (Wildman–Crippen MR) is 108 cm³/mol. The topological polar surface area (TPSA) is 89.9 Å². The van der Waals surface area contributed by atoms with Gasteiger partial charge in [0.05, 0.1) is 17.9 Å². The molecule has 0 unspecified atom stereocenters. The second-order valence-corrected chi connectivity index (χ2v) is 7.09. The second-order valence-electron chi connectivity index (χ2n) is 6.66. The van der Waals surface area contributed by atoms with Crippen molar-refractivity contribution in [1.82, 2.24) is 29.6 Å². The van der Waals surface area contributed by atoms with Crippen molar-refractivity contribution in [2.24, 2.45) is 0 Å². The summed E-state index contributed by atoms with van der Waals surface area (Å²) in [6.07, 6.45) is 4.60. The molecule has 148 valence electrons. The lowest BCUT2D eigenvalue weighted by molar-refractivity contribution is 0.0781. The van der Waals surface area contributed by atoms with E-state index in [1.807, 2.05) is 18.5 Å². The minimum absolute atomic E-state index is 0.246. The Morgan fingerprint density at radius 3 is 2.79 bits per heavy atom. The Labute approximate surface area is 172 Å². The third kappa shape index (κ3) is 3.58. The van der Waals surface area contributed by atoms with Gasteiger partial charge >= 0.3 is 0 Å². The van der Waals surface area contributed by atoms with Gasteiger partial charge in [-0.05, 0) is 32.0 Å². The number of nitrogens with zero attached hydrogens (tertiary/aromatic N) is 6. The highest BCUT2D eigenvalue weighted by atomic mass is 35.5. The van der Waals surface area contributed by atoms with Gasteiger partial charge < -0.3 is 9.32 Å². The van der Waals surface area contributed by atoms with Gasteiger partial charge in [0.2, 0.25) is 0 Å². The number of rotatable bonds is 5. The summed E-state index contributed by atoms with van der Waals surface area (Å²) in [5, 5.41) is 5.43. The highest BCUT2D eigenvalue weighted by Gasteiger charge is 2.21. The van der Waals surface area contributed by atoms with E-state index in [2.05, 4.69) is 20.1 Å². The average molecular weight is 411 g/mol. The van der Waals surface area contributed by atoms with E-state index in [0.29, 0.717) is 34.1 Å². The number of carbonyl (C=O) groups excluding carboxylic acids is 1. The monoisotopic (exact) mass is 410 g/mol. The lowest BCUT2D eigenvalue weighted by Gasteiger charge is -2.18. The first-order chi connectivity index (χ1) is 14.0. The van der Waals surface area contributed by atoms with Crippen molar-refractivity contribution >= 4 is 28.4 Å². The fourth-order valence-corrected chi connectivity index (χ4v) is 3.34. The molecule has 8 nitrogen and oxygen atoms in total. The molecule has 0 aliphatic rings. The van der Waals surface area contributed by atoms with Crippen molar-refractivity contribution in [2.45, 2.75) is 26.9 Å². The van der Waals surface area contributed by atoms with E-state index in [1.54, 1.807) is 36.3 Å². The Hall–Kier alpha value is -3.26. The molecule has 0 fully saturated rings. The van der Waals surface area contributed by atoms with E-state index in [0.717, 1.165) is 17.8 Å². The van der Waals surface area contributed by atoms with Gasteiger partial charge in [0.25, 0.3) is 5.91 Å². The Bertz CT molecular complexity index is 1190. The molecule has 1 amide bonds. The number of aryl methyl sites for hydroxylation is 1. The number of hydrogen-bond donors (Lipinski definition) is 0. The number of amides is 1. The minimum atomic E-state index is -0.246. The number of carbonyl (C=O) groups is 1. The highest BCUT2D eigenvalue weighted by molar-refractivity contribution is 6.31. The molecule has 0 aliphatic carbocycles. The van der Waals surface area contributed by atoms with E-state index >= 15 is 0 Å². The third-order valence-electron chi connectivity index (χ3n) is 4.77. The third-order valence-corrected chi connectivity index (χ3v) is 5.01. The molecule has 0 bridgehead atoms. The van der Waals surface area contributed by atoms with Crippen molar-refractivity contribution < 1.29 is 9.21 Å². The molecular weight excluding hydrogens is 392 g/mol. The van der Waals surface area contributed by atoms with Crippen LogP contribution in [0.3, 0.4) is 0 Å². The first-order valence-corrected chi connectivity index (χ1v) is 9.48. The van der Waals surface area contributed by atoms with Gasteiger partial charge in [0.1, 0.15) is 5.69 Å². The molecule has 0 saturated carbocycles. The first-order valence-electron chi connectivity index (χ1n) is 9.10. The molecule has 29 heavy (non-hydrogen) atoms. The zero-order chi connectivity index (χ0) is 20.5. The van der Waals surface area contributed by atoms with Crippen molar-refractivity contribution in [1.29, 1.82) is 0 Å². The Balaban J connectivity index is 1.75. The number of halogens is 1. The molecule has 0 spiro atoms. The summed E-state index contributed by atoms with van der Waals surface area (Å²) in [4.78, 5) is 27.8. The van der Waals surface area contributed by atoms with Crippen molar-refractivity contribution in [3.8, 4) is 11.6 Å². The van der Waals surface area contributed by atoms with Crippen molar-refractivity contribution in [3.05, 3.63) is 59.0 Å². The van der Waals surface area contributed by atoms with Crippen molar-refractivity contribution in [2.75, 3.05) is 7.05 Å². The molecular formula is C20H19ClN6O2. The van der Waals surface area contributed by atoms with Crippen LogP contribution in [-0.2, 0) is 13.1 Å². The number of aromatic nitrogens is 5. The van der Waals surface area contributed by atoms with E-state index in [-0.39, 0.29) is 11.6 Å². The fourth-order valence-electron chi connectivity index (χ4n) is 3.17. The molecule has 9 heteroatoms. The first kappa shape index (κ1) is 19.1. The minimum Gasteiger partial charge on any atom is -0.440 e. The maximum atomic E-state index is 13.3. The molecule has 4 rings (SSSR count). The van der Waals surface area contributed by atoms with Crippen LogP contribution in [-0.4, -0.2) is 42.6 Å². The number of benzene rings is 1. The summed E-state index contributed by atoms with van der Waals surface area (Å²) < 4.78 is 7.21. The van der Waals surface area contributed by atoms with Gasteiger partial charge in [0, 0.05) is 41.8 Å².